The van der Waals surface area contributed by atoms with Crippen molar-refractivity contribution in [1.29, 1.82) is 0 Å². The van der Waals surface area contributed by atoms with Gasteiger partial charge in [0, 0.05) is 18.5 Å². The lowest BCUT2D eigenvalue weighted by molar-refractivity contribution is -0.0166. The second kappa shape index (κ2) is 6.27. The molecule has 4 heteroatoms. The molecule has 0 bridgehead atoms. The molecule has 0 N–H and O–H groups in total. The van der Waals surface area contributed by atoms with E-state index in [1.165, 1.54) is 6.42 Å². The summed E-state index contributed by atoms with van der Waals surface area (Å²) < 4.78 is 5.22. The Bertz CT molecular complexity index is 282. The first-order valence-electron chi connectivity index (χ1n) is 6.97. The molecule has 1 atom stereocenters. The average molecular weight is 320 g/mol. The fourth-order valence-corrected chi connectivity index (χ4v) is 2.72. The highest BCUT2D eigenvalue weighted by Gasteiger charge is 2.43. The highest BCUT2D eigenvalue weighted by atomic mass is 79.9. The molecule has 106 valence electrons. The largest absolute Gasteiger partial charge is 0.431 e. The van der Waals surface area contributed by atoms with Gasteiger partial charge in [0.1, 0.15) is 0 Å². The van der Waals surface area contributed by atoms with Gasteiger partial charge in [-0.15, -0.1) is 0 Å². The summed E-state index contributed by atoms with van der Waals surface area (Å²) >= 11 is 3.66. The molecule has 1 fully saturated rings. The molecule has 0 aromatic heterocycles. The Labute approximate surface area is 119 Å². The zero-order valence-electron chi connectivity index (χ0n) is 12.1. The maximum absolute atomic E-state index is 12.2. The average Bonchev–Trinajstić information content (AvgIpc) is 2.29. The first-order chi connectivity index (χ1) is 8.30. The molecule has 1 unspecified atom stereocenters. The summed E-state index contributed by atoms with van der Waals surface area (Å²) in [4.78, 5) is 14.0. The monoisotopic (exact) mass is 319 g/mol. The molecule has 18 heavy (non-hydrogen) atoms. The SMILES string of the molecule is CCCC(Br)(OC(=O)N1CCCCC1)C(C)(C)C. The van der Waals surface area contributed by atoms with Gasteiger partial charge in [-0.05, 0) is 41.6 Å². The minimum Gasteiger partial charge on any atom is -0.431 e. The van der Waals surface area contributed by atoms with Crippen molar-refractivity contribution in [1.82, 2.24) is 4.90 Å². The minimum absolute atomic E-state index is 0.117. The van der Waals surface area contributed by atoms with Crippen molar-refractivity contribution >= 4 is 22.0 Å². The first kappa shape index (κ1) is 15.8. The van der Waals surface area contributed by atoms with Crippen LogP contribution in [0.25, 0.3) is 0 Å². The minimum atomic E-state index is -0.566. The van der Waals surface area contributed by atoms with E-state index >= 15 is 0 Å². The number of carbonyl (C=O) groups is 1. The predicted octanol–water partition coefficient (Wildman–Crippen LogP) is 4.55. The third-order valence-corrected chi connectivity index (χ3v) is 5.30. The van der Waals surface area contributed by atoms with E-state index in [0.29, 0.717) is 0 Å². The zero-order chi connectivity index (χ0) is 13.8. The molecule has 1 amide bonds. The fraction of sp³-hybridized carbons (Fsp3) is 0.929. The topological polar surface area (TPSA) is 29.5 Å². The van der Waals surface area contributed by atoms with E-state index in [1.807, 2.05) is 4.90 Å². The van der Waals surface area contributed by atoms with Crippen LogP contribution in [0.2, 0.25) is 0 Å². The van der Waals surface area contributed by atoms with E-state index in [4.69, 9.17) is 4.74 Å². The Hall–Kier alpha value is -0.250. The van der Waals surface area contributed by atoms with Gasteiger partial charge in [-0.3, -0.25) is 0 Å². The molecule has 0 aromatic rings. The second-order valence-corrected chi connectivity index (χ2v) is 7.43. The number of halogens is 1. The van der Waals surface area contributed by atoms with E-state index < -0.39 is 4.51 Å². The summed E-state index contributed by atoms with van der Waals surface area (Å²) in [6.45, 7) is 10.1. The lowest BCUT2D eigenvalue weighted by Crippen LogP contribution is -2.46. The van der Waals surface area contributed by atoms with Crippen molar-refractivity contribution in [2.24, 2.45) is 5.41 Å². The number of piperidine rings is 1. The first-order valence-corrected chi connectivity index (χ1v) is 7.76. The standard InChI is InChI=1S/C14H26BrNO2/c1-5-9-14(15,13(2,3)4)18-12(17)16-10-7-6-8-11-16/h5-11H2,1-4H3. The van der Waals surface area contributed by atoms with Gasteiger partial charge < -0.3 is 9.64 Å². The van der Waals surface area contributed by atoms with Gasteiger partial charge in [0.2, 0.25) is 0 Å². The van der Waals surface area contributed by atoms with Gasteiger partial charge in [-0.25, -0.2) is 4.79 Å². The summed E-state index contributed by atoms with van der Waals surface area (Å²) in [6.07, 6.45) is 5.04. The van der Waals surface area contributed by atoms with E-state index in [-0.39, 0.29) is 11.5 Å². The van der Waals surface area contributed by atoms with Crippen LogP contribution >= 0.6 is 15.9 Å². The summed E-state index contributed by atoms with van der Waals surface area (Å²) in [5.41, 5.74) is -0.117. The van der Waals surface area contributed by atoms with Gasteiger partial charge in [0.15, 0.2) is 4.51 Å². The van der Waals surface area contributed by atoms with E-state index in [2.05, 4.69) is 43.6 Å². The van der Waals surface area contributed by atoms with Crippen LogP contribution in [-0.2, 0) is 4.74 Å². The van der Waals surface area contributed by atoms with Crippen molar-refractivity contribution in [2.45, 2.75) is 64.3 Å². The quantitative estimate of drug-likeness (QED) is 0.714. The number of ether oxygens (including phenoxy) is 1. The van der Waals surface area contributed by atoms with E-state index in [9.17, 15) is 4.79 Å². The highest BCUT2D eigenvalue weighted by Crippen LogP contribution is 2.43. The predicted molar refractivity (Wildman–Crippen MR) is 77.9 cm³/mol. The van der Waals surface area contributed by atoms with Gasteiger partial charge in [0.25, 0.3) is 0 Å². The van der Waals surface area contributed by atoms with Gasteiger partial charge in [-0.2, -0.15) is 0 Å². The molecule has 0 radical (unpaired) electrons. The maximum Gasteiger partial charge on any atom is 0.411 e. The van der Waals surface area contributed by atoms with Crippen LogP contribution in [0.3, 0.4) is 0 Å². The number of carbonyl (C=O) groups excluding carboxylic acids is 1. The number of amides is 1. The molecule has 0 aromatic carbocycles. The normalized spacial score (nSPS) is 20.4. The number of rotatable bonds is 3. The molecule has 1 rings (SSSR count). The molecule has 3 nitrogen and oxygen atoms in total. The number of likely N-dealkylation sites (tertiary alicyclic amines) is 1. The zero-order valence-corrected chi connectivity index (χ0v) is 13.7. The Morgan fingerprint density at radius 3 is 2.22 bits per heavy atom. The maximum atomic E-state index is 12.2. The van der Waals surface area contributed by atoms with E-state index in [0.717, 1.165) is 38.8 Å². The van der Waals surface area contributed by atoms with Crippen LogP contribution in [-0.4, -0.2) is 28.6 Å². The Morgan fingerprint density at radius 1 is 1.22 bits per heavy atom. The van der Waals surface area contributed by atoms with Crippen molar-refractivity contribution in [3.63, 3.8) is 0 Å². The van der Waals surface area contributed by atoms with Crippen LogP contribution in [0, 0.1) is 5.41 Å². The van der Waals surface area contributed by atoms with Crippen LogP contribution < -0.4 is 0 Å². The third-order valence-electron chi connectivity index (χ3n) is 3.55. The van der Waals surface area contributed by atoms with Gasteiger partial charge in [-0.1, -0.05) is 34.1 Å². The Morgan fingerprint density at radius 2 is 1.78 bits per heavy atom. The number of nitrogens with zero attached hydrogens (tertiary/aromatic N) is 1. The van der Waals surface area contributed by atoms with Crippen molar-refractivity contribution < 1.29 is 9.53 Å². The second-order valence-electron chi connectivity index (χ2n) is 6.14. The van der Waals surface area contributed by atoms with Crippen molar-refractivity contribution in [3.05, 3.63) is 0 Å². The van der Waals surface area contributed by atoms with Gasteiger partial charge >= 0.3 is 6.09 Å². The molecule has 0 saturated carbocycles. The molecule has 1 heterocycles. The summed E-state index contributed by atoms with van der Waals surface area (Å²) in [5, 5.41) is 0. The molecular formula is C14H26BrNO2. The van der Waals surface area contributed by atoms with Crippen LogP contribution in [0.1, 0.15) is 59.8 Å². The Balaban J connectivity index is 2.68. The number of alkyl halides is 1. The molecule has 1 saturated heterocycles. The van der Waals surface area contributed by atoms with Crippen molar-refractivity contribution in [2.75, 3.05) is 13.1 Å². The molecule has 0 spiro atoms. The lowest BCUT2D eigenvalue weighted by Gasteiger charge is -2.40. The summed E-state index contributed by atoms with van der Waals surface area (Å²) in [7, 11) is 0. The Kier molecular flexibility index (Phi) is 5.50. The van der Waals surface area contributed by atoms with Crippen molar-refractivity contribution in [3.8, 4) is 0 Å². The van der Waals surface area contributed by atoms with Crippen LogP contribution in [0.15, 0.2) is 0 Å². The van der Waals surface area contributed by atoms with E-state index in [1.54, 1.807) is 0 Å². The highest BCUT2D eigenvalue weighted by molar-refractivity contribution is 9.10. The molecule has 1 aliphatic rings. The lowest BCUT2D eigenvalue weighted by atomic mass is 9.86. The summed E-state index contributed by atoms with van der Waals surface area (Å²) in [5.74, 6) is 0. The third kappa shape index (κ3) is 3.87. The smallest absolute Gasteiger partial charge is 0.411 e. The molecule has 0 aliphatic carbocycles. The van der Waals surface area contributed by atoms with Crippen LogP contribution in [0.5, 0.6) is 0 Å². The molecule has 1 aliphatic heterocycles. The number of hydrogen-bond donors (Lipinski definition) is 0. The summed E-state index contributed by atoms with van der Waals surface area (Å²) in [6, 6.07) is 0. The van der Waals surface area contributed by atoms with Gasteiger partial charge in [0.05, 0.1) is 0 Å². The fourth-order valence-electron chi connectivity index (χ4n) is 2.18. The van der Waals surface area contributed by atoms with Crippen LogP contribution in [0.4, 0.5) is 4.79 Å². The number of hydrogen-bond acceptors (Lipinski definition) is 2. The molecular weight excluding hydrogens is 294 g/mol.